The van der Waals surface area contributed by atoms with Gasteiger partial charge in [0.05, 0.1) is 6.04 Å². The van der Waals surface area contributed by atoms with E-state index in [1.165, 1.54) is 0 Å². The first-order valence-electron chi connectivity index (χ1n) is 4.97. The van der Waals surface area contributed by atoms with Gasteiger partial charge in [0.2, 0.25) is 0 Å². The zero-order valence-corrected chi connectivity index (χ0v) is 9.82. The van der Waals surface area contributed by atoms with Crippen molar-refractivity contribution < 1.29 is 4.52 Å². The quantitative estimate of drug-likeness (QED) is 0.891. The fourth-order valence-corrected chi connectivity index (χ4v) is 1.60. The number of nitrogens with zero attached hydrogens (tertiary/aromatic N) is 2. The highest BCUT2D eigenvalue weighted by molar-refractivity contribution is 6.30. The summed E-state index contributed by atoms with van der Waals surface area (Å²) in [6, 6.07) is 8.14. The van der Waals surface area contributed by atoms with Crippen LogP contribution in [0.5, 0.6) is 0 Å². The molecule has 0 spiro atoms. The van der Waals surface area contributed by atoms with E-state index in [1.807, 2.05) is 31.2 Å². The van der Waals surface area contributed by atoms with Gasteiger partial charge in [-0.1, -0.05) is 28.9 Å². The lowest BCUT2D eigenvalue weighted by Crippen LogP contribution is -2.06. The van der Waals surface area contributed by atoms with Crippen LogP contribution in [0.15, 0.2) is 28.8 Å². The minimum Gasteiger partial charge on any atom is -0.331 e. The van der Waals surface area contributed by atoms with Crippen molar-refractivity contribution in [1.29, 1.82) is 0 Å². The third kappa shape index (κ3) is 2.52. The zero-order valence-electron chi connectivity index (χ0n) is 9.07. The monoisotopic (exact) mass is 237 g/mol. The first-order valence-corrected chi connectivity index (χ1v) is 5.35. The maximum absolute atomic E-state index is 5.92. The van der Waals surface area contributed by atoms with Crippen LogP contribution in [0, 0.1) is 6.92 Å². The second-order valence-corrected chi connectivity index (χ2v) is 4.00. The number of hydrogen-bond donors (Lipinski definition) is 1. The number of halogens is 1. The predicted octanol–water partition coefficient (Wildman–Crippen LogP) is 3.20. The lowest BCUT2D eigenvalue weighted by atomic mass is 10.1. The van der Waals surface area contributed by atoms with Crippen LogP contribution in [-0.2, 0) is 0 Å². The molecule has 2 aromatic rings. The van der Waals surface area contributed by atoms with Crippen LogP contribution in [0.3, 0.4) is 0 Å². The summed E-state index contributed by atoms with van der Waals surface area (Å²) in [5.74, 6) is 0.612. The first kappa shape index (κ1) is 11.0. The maximum Gasteiger partial charge on any atom is 0.321 e. The number of nitrogens with one attached hydrogen (secondary N) is 1. The van der Waals surface area contributed by atoms with Gasteiger partial charge in [-0.2, -0.15) is 4.98 Å². The Labute approximate surface area is 98.6 Å². The SMILES string of the molecule is Cc1noc(NC(C)c2cccc(Cl)c2)n1. The Hall–Kier alpha value is -1.55. The lowest BCUT2D eigenvalue weighted by Gasteiger charge is -2.11. The molecule has 1 aromatic heterocycles. The Morgan fingerprint density at radius 1 is 1.44 bits per heavy atom. The number of benzene rings is 1. The van der Waals surface area contributed by atoms with E-state index in [-0.39, 0.29) is 6.04 Å². The number of rotatable bonds is 3. The Balaban J connectivity index is 2.11. The molecule has 0 amide bonds. The lowest BCUT2D eigenvalue weighted by molar-refractivity contribution is 0.422. The van der Waals surface area contributed by atoms with Crippen molar-refractivity contribution >= 4 is 17.6 Å². The second kappa shape index (κ2) is 4.53. The molecule has 0 saturated heterocycles. The molecule has 1 heterocycles. The molecule has 0 aliphatic heterocycles. The van der Waals surface area contributed by atoms with Gasteiger partial charge in [-0.25, -0.2) is 0 Å². The molecule has 0 radical (unpaired) electrons. The molecule has 1 aromatic carbocycles. The first-order chi connectivity index (χ1) is 7.65. The van der Waals surface area contributed by atoms with E-state index in [2.05, 4.69) is 15.5 Å². The molecule has 0 bridgehead atoms. The second-order valence-electron chi connectivity index (χ2n) is 3.57. The molecule has 0 saturated carbocycles. The van der Waals surface area contributed by atoms with Gasteiger partial charge in [-0.3, -0.25) is 0 Å². The van der Waals surface area contributed by atoms with Crippen molar-refractivity contribution in [3.8, 4) is 0 Å². The largest absolute Gasteiger partial charge is 0.331 e. The molecule has 0 aliphatic rings. The highest BCUT2D eigenvalue weighted by Gasteiger charge is 2.09. The summed E-state index contributed by atoms with van der Waals surface area (Å²) in [6.07, 6.45) is 0. The van der Waals surface area contributed by atoms with Gasteiger partial charge in [0.1, 0.15) is 0 Å². The van der Waals surface area contributed by atoms with Gasteiger partial charge < -0.3 is 9.84 Å². The van der Waals surface area contributed by atoms with E-state index in [1.54, 1.807) is 6.92 Å². The normalized spacial score (nSPS) is 12.4. The number of aryl methyl sites for hydroxylation is 1. The maximum atomic E-state index is 5.92. The van der Waals surface area contributed by atoms with Crippen LogP contribution in [-0.4, -0.2) is 10.1 Å². The van der Waals surface area contributed by atoms with Crippen LogP contribution in [0.4, 0.5) is 6.01 Å². The van der Waals surface area contributed by atoms with Crippen LogP contribution < -0.4 is 5.32 Å². The Kier molecular flexibility index (Phi) is 3.10. The molecule has 16 heavy (non-hydrogen) atoms. The van der Waals surface area contributed by atoms with Crippen molar-refractivity contribution in [2.45, 2.75) is 19.9 Å². The van der Waals surface area contributed by atoms with Gasteiger partial charge in [-0.15, -0.1) is 0 Å². The molecule has 0 fully saturated rings. The van der Waals surface area contributed by atoms with Gasteiger partial charge in [0.25, 0.3) is 0 Å². The highest BCUT2D eigenvalue weighted by Crippen LogP contribution is 2.20. The summed E-state index contributed by atoms with van der Waals surface area (Å²) < 4.78 is 4.98. The summed E-state index contributed by atoms with van der Waals surface area (Å²) in [5.41, 5.74) is 1.07. The van der Waals surface area contributed by atoms with E-state index >= 15 is 0 Å². The third-order valence-electron chi connectivity index (χ3n) is 2.22. The van der Waals surface area contributed by atoms with Crippen molar-refractivity contribution in [2.75, 3.05) is 5.32 Å². The fourth-order valence-electron chi connectivity index (χ4n) is 1.40. The average molecular weight is 238 g/mol. The van der Waals surface area contributed by atoms with Crippen LogP contribution in [0.1, 0.15) is 24.4 Å². The summed E-state index contributed by atoms with van der Waals surface area (Å²) in [5, 5.41) is 7.53. The predicted molar refractivity (Wildman–Crippen MR) is 62.5 cm³/mol. The van der Waals surface area contributed by atoms with Crippen LogP contribution >= 0.6 is 11.6 Å². The average Bonchev–Trinajstić information content (AvgIpc) is 2.64. The minimum atomic E-state index is 0.0681. The van der Waals surface area contributed by atoms with Gasteiger partial charge in [-0.05, 0) is 31.5 Å². The van der Waals surface area contributed by atoms with Crippen molar-refractivity contribution in [1.82, 2.24) is 10.1 Å². The molecular weight excluding hydrogens is 226 g/mol. The number of hydrogen-bond acceptors (Lipinski definition) is 4. The van der Waals surface area contributed by atoms with Gasteiger partial charge in [0, 0.05) is 5.02 Å². The van der Waals surface area contributed by atoms with Crippen molar-refractivity contribution in [2.24, 2.45) is 0 Å². The molecule has 2 rings (SSSR count). The molecule has 5 heteroatoms. The number of anilines is 1. The Morgan fingerprint density at radius 3 is 2.88 bits per heavy atom. The molecule has 1 unspecified atom stereocenters. The van der Waals surface area contributed by atoms with Gasteiger partial charge >= 0.3 is 6.01 Å². The van der Waals surface area contributed by atoms with E-state index in [9.17, 15) is 0 Å². The van der Waals surface area contributed by atoms with E-state index in [4.69, 9.17) is 16.1 Å². The third-order valence-corrected chi connectivity index (χ3v) is 2.45. The van der Waals surface area contributed by atoms with E-state index in [0.29, 0.717) is 16.9 Å². The Morgan fingerprint density at radius 2 is 2.25 bits per heavy atom. The summed E-state index contributed by atoms with van der Waals surface area (Å²) in [4.78, 5) is 4.08. The molecule has 4 nitrogen and oxygen atoms in total. The molecular formula is C11H12ClN3O. The Bertz CT molecular complexity index is 484. The smallest absolute Gasteiger partial charge is 0.321 e. The summed E-state index contributed by atoms with van der Waals surface area (Å²) in [6.45, 7) is 3.78. The topological polar surface area (TPSA) is 51.0 Å². The summed E-state index contributed by atoms with van der Waals surface area (Å²) in [7, 11) is 0. The standard InChI is InChI=1S/C11H12ClN3O/c1-7(9-4-3-5-10(12)6-9)13-11-14-8(2)15-16-11/h3-7H,1-2H3,(H,13,14,15). The zero-order chi connectivity index (χ0) is 11.5. The van der Waals surface area contributed by atoms with Crippen LogP contribution in [0.2, 0.25) is 5.02 Å². The van der Waals surface area contributed by atoms with E-state index in [0.717, 1.165) is 5.56 Å². The molecule has 1 N–H and O–H groups in total. The van der Waals surface area contributed by atoms with Crippen LogP contribution in [0.25, 0.3) is 0 Å². The number of aromatic nitrogens is 2. The molecule has 0 aliphatic carbocycles. The van der Waals surface area contributed by atoms with E-state index < -0.39 is 0 Å². The summed E-state index contributed by atoms with van der Waals surface area (Å²) >= 11 is 5.92. The molecule has 1 atom stereocenters. The van der Waals surface area contributed by atoms with Crippen molar-refractivity contribution in [3.63, 3.8) is 0 Å². The van der Waals surface area contributed by atoms with Gasteiger partial charge in [0.15, 0.2) is 5.82 Å². The minimum absolute atomic E-state index is 0.0681. The molecule has 84 valence electrons. The fraction of sp³-hybridized carbons (Fsp3) is 0.273. The van der Waals surface area contributed by atoms with Crippen molar-refractivity contribution in [3.05, 3.63) is 40.7 Å². The highest BCUT2D eigenvalue weighted by atomic mass is 35.5.